The van der Waals surface area contributed by atoms with Crippen molar-refractivity contribution in [3.63, 3.8) is 0 Å². The van der Waals surface area contributed by atoms with Crippen LogP contribution in [0.5, 0.6) is 0 Å². The molecule has 2 nitrogen and oxygen atoms in total. The molecule has 0 aliphatic rings. The monoisotopic (exact) mass is 243 g/mol. The number of halogens is 1. The van der Waals surface area contributed by atoms with Crippen LogP contribution in [0, 0.1) is 12.7 Å². The predicted molar refractivity (Wildman–Crippen MR) is 70.6 cm³/mol. The molecule has 3 heteroatoms. The maximum absolute atomic E-state index is 13.6. The number of aryl methyl sites for hydroxylation is 1. The molecular weight excluding hydrogens is 229 g/mol. The molecule has 2 rings (SSSR count). The number of ketones is 1. The highest BCUT2D eigenvalue weighted by Crippen LogP contribution is 2.21. The summed E-state index contributed by atoms with van der Waals surface area (Å²) in [6, 6.07) is 11.5. The molecule has 2 aromatic rings. The van der Waals surface area contributed by atoms with Crippen LogP contribution in [0.3, 0.4) is 0 Å². The van der Waals surface area contributed by atoms with Crippen molar-refractivity contribution in [2.45, 2.75) is 6.92 Å². The third kappa shape index (κ3) is 2.25. The summed E-state index contributed by atoms with van der Waals surface area (Å²) in [4.78, 5) is 12.3. The Labute approximate surface area is 105 Å². The van der Waals surface area contributed by atoms with E-state index >= 15 is 0 Å². The van der Waals surface area contributed by atoms with Crippen molar-refractivity contribution in [2.24, 2.45) is 0 Å². The topological polar surface area (TPSA) is 29.1 Å². The van der Waals surface area contributed by atoms with Crippen molar-refractivity contribution in [2.75, 3.05) is 12.4 Å². The van der Waals surface area contributed by atoms with Gasteiger partial charge in [-0.2, -0.15) is 0 Å². The molecule has 2 aromatic carbocycles. The molecular formula is C15H14FNO. The molecule has 0 bridgehead atoms. The maximum Gasteiger partial charge on any atom is 0.198 e. The van der Waals surface area contributed by atoms with Crippen LogP contribution >= 0.6 is 0 Å². The standard InChI is InChI=1S/C15H14FNO/c1-10-7-8-14(17-2)12(9-10)15(18)11-5-3-4-6-13(11)16/h3-9,17H,1-2H3. The fourth-order valence-electron chi connectivity index (χ4n) is 1.85. The van der Waals surface area contributed by atoms with Crippen LogP contribution in [0.4, 0.5) is 10.1 Å². The first kappa shape index (κ1) is 12.3. The smallest absolute Gasteiger partial charge is 0.198 e. The second-order valence-corrected chi connectivity index (χ2v) is 4.11. The molecule has 0 fully saturated rings. The quantitative estimate of drug-likeness (QED) is 0.837. The van der Waals surface area contributed by atoms with Gasteiger partial charge in [-0.1, -0.05) is 23.8 Å². The van der Waals surface area contributed by atoms with E-state index in [1.54, 1.807) is 25.2 Å². The fraction of sp³-hybridized carbons (Fsp3) is 0.133. The Hall–Kier alpha value is -2.16. The van der Waals surface area contributed by atoms with Crippen LogP contribution in [-0.4, -0.2) is 12.8 Å². The van der Waals surface area contributed by atoms with E-state index in [-0.39, 0.29) is 11.3 Å². The van der Waals surface area contributed by atoms with Crippen molar-refractivity contribution in [3.8, 4) is 0 Å². The summed E-state index contributed by atoms with van der Waals surface area (Å²) in [5.41, 5.74) is 2.25. The van der Waals surface area contributed by atoms with Gasteiger partial charge in [0.15, 0.2) is 5.78 Å². The molecule has 0 saturated carbocycles. The molecule has 0 atom stereocenters. The minimum Gasteiger partial charge on any atom is -0.388 e. The number of anilines is 1. The summed E-state index contributed by atoms with van der Waals surface area (Å²) >= 11 is 0. The van der Waals surface area contributed by atoms with E-state index in [0.29, 0.717) is 11.3 Å². The van der Waals surface area contributed by atoms with Crippen LogP contribution < -0.4 is 5.32 Å². The number of hydrogen-bond donors (Lipinski definition) is 1. The Balaban J connectivity index is 2.52. The Bertz CT molecular complexity index is 593. The first-order valence-corrected chi connectivity index (χ1v) is 5.71. The summed E-state index contributed by atoms with van der Waals surface area (Å²) in [7, 11) is 1.74. The molecule has 18 heavy (non-hydrogen) atoms. The molecule has 92 valence electrons. The van der Waals surface area contributed by atoms with E-state index in [9.17, 15) is 9.18 Å². The zero-order valence-corrected chi connectivity index (χ0v) is 10.3. The van der Waals surface area contributed by atoms with Gasteiger partial charge in [0.2, 0.25) is 0 Å². The number of rotatable bonds is 3. The minimum atomic E-state index is -0.494. The van der Waals surface area contributed by atoms with Gasteiger partial charge in [0.25, 0.3) is 0 Å². The molecule has 0 amide bonds. The van der Waals surface area contributed by atoms with Gasteiger partial charge in [-0.3, -0.25) is 4.79 Å². The van der Waals surface area contributed by atoms with Crippen molar-refractivity contribution in [3.05, 3.63) is 65.0 Å². The Morgan fingerprint density at radius 2 is 1.83 bits per heavy atom. The van der Waals surface area contributed by atoms with Crippen molar-refractivity contribution in [1.29, 1.82) is 0 Å². The largest absolute Gasteiger partial charge is 0.388 e. The second kappa shape index (κ2) is 5.00. The van der Waals surface area contributed by atoms with Gasteiger partial charge in [-0.25, -0.2) is 4.39 Å². The molecule has 0 aromatic heterocycles. The normalized spacial score (nSPS) is 10.2. The Morgan fingerprint density at radius 1 is 1.11 bits per heavy atom. The highest BCUT2D eigenvalue weighted by Gasteiger charge is 2.16. The van der Waals surface area contributed by atoms with E-state index in [0.717, 1.165) is 5.56 Å². The average Bonchev–Trinajstić information content (AvgIpc) is 2.38. The van der Waals surface area contributed by atoms with E-state index in [4.69, 9.17) is 0 Å². The van der Waals surface area contributed by atoms with Gasteiger partial charge in [-0.15, -0.1) is 0 Å². The zero-order chi connectivity index (χ0) is 13.1. The van der Waals surface area contributed by atoms with E-state index in [1.807, 2.05) is 19.1 Å². The van der Waals surface area contributed by atoms with Crippen molar-refractivity contribution in [1.82, 2.24) is 0 Å². The fourth-order valence-corrected chi connectivity index (χ4v) is 1.85. The summed E-state index contributed by atoms with van der Waals surface area (Å²) in [5, 5.41) is 2.95. The van der Waals surface area contributed by atoms with Gasteiger partial charge >= 0.3 is 0 Å². The zero-order valence-electron chi connectivity index (χ0n) is 10.3. The van der Waals surface area contributed by atoms with Crippen LogP contribution in [0.1, 0.15) is 21.5 Å². The van der Waals surface area contributed by atoms with Gasteiger partial charge in [0, 0.05) is 18.3 Å². The summed E-state index contributed by atoms with van der Waals surface area (Å²) in [6.45, 7) is 1.90. The SMILES string of the molecule is CNc1ccc(C)cc1C(=O)c1ccccc1F. The van der Waals surface area contributed by atoms with Gasteiger partial charge in [0.1, 0.15) is 5.82 Å². The van der Waals surface area contributed by atoms with Gasteiger partial charge in [0.05, 0.1) is 5.56 Å². The summed E-state index contributed by atoms with van der Waals surface area (Å²) in [5.74, 6) is -0.799. The third-order valence-corrected chi connectivity index (χ3v) is 2.81. The number of nitrogens with one attached hydrogen (secondary N) is 1. The third-order valence-electron chi connectivity index (χ3n) is 2.81. The van der Waals surface area contributed by atoms with Crippen molar-refractivity contribution < 1.29 is 9.18 Å². The molecule has 0 heterocycles. The lowest BCUT2D eigenvalue weighted by Gasteiger charge is -2.09. The molecule has 0 radical (unpaired) electrons. The highest BCUT2D eigenvalue weighted by molar-refractivity contribution is 6.12. The lowest BCUT2D eigenvalue weighted by atomic mass is 9.99. The van der Waals surface area contributed by atoms with E-state index in [2.05, 4.69) is 5.32 Å². The summed E-state index contributed by atoms with van der Waals surface area (Å²) in [6.07, 6.45) is 0. The molecule has 0 aliphatic carbocycles. The lowest BCUT2D eigenvalue weighted by molar-refractivity contribution is 0.103. The highest BCUT2D eigenvalue weighted by atomic mass is 19.1. The van der Waals surface area contributed by atoms with Crippen LogP contribution in [-0.2, 0) is 0 Å². The number of carbonyl (C=O) groups is 1. The number of hydrogen-bond acceptors (Lipinski definition) is 2. The van der Waals surface area contributed by atoms with E-state index < -0.39 is 5.82 Å². The second-order valence-electron chi connectivity index (χ2n) is 4.11. The molecule has 0 saturated heterocycles. The average molecular weight is 243 g/mol. The van der Waals surface area contributed by atoms with Crippen LogP contribution in [0.25, 0.3) is 0 Å². The lowest BCUT2D eigenvalue weighted by Crippen LogP contribution is -2.07. The maximum atomic E-state index is 13.6. The molecule has 0 aliphatic heterocycles. The predicted octanol–water partition coefficient (Wildman–Crippen LogP) is 3.41. The number of benzene rings is 2. The van der Waals surface area contributed by atoms with Gasteiger partial charge in [-0.05, 0) is 31.2 Å². The first-order valence-electron chi connectivity index (χ1n) is 5.71. The Kier molecular flexibility index (Phi) is 3.42. The van der Waals surface area contributed by atoms with Gasteiger partial charge < -0.3 is 5.32 Å². The number of carbonyl (C=O) groups excluding carboxylic acids is 1. The van der Waals surface area contributed by atoms with Crippen LogP contribution in [0.15, 0.2) is 42.5 Å². The van der Waals surface area contributed by atoms with Crippen LogP contribution in [0.2, 0.25) is 0 Å². The molecule has 0 spiro atoms. The first-order chi connectivity index (χ1) is 8.63. The van der Waals surface area contributed by atoms with E-state index in [1.165, 1.54) is 12.1 Å². The molecule has 1 N–H and O–H groups in total. The minimum absolute atomic E-state index is 0.0969. The van der Waals surface area contributed by atoms with Crippen molar-refractivity contribution >= 4 is 11.5 Å². The summed E-state index contributed by atoms with van der Waals surface area (Å²) < 4.78 is 13.6. The Morgan fingerprint density at radius 3 is 2.50 bits per heavy atom. The molecule has 0 unspecified atom stereocenters.